The molecule has 1 rings (SSSR count). The summed E-state index contributed by atoms with van der Waals surface area (Å²) in [5.74, 6) is -0.862. The number of hydrogen-bond donors (Lipinski definition) is 1. The zero-order chi connectivity index (χ0) is 13.4. The van der Waals surface area contributed by atoms with Crippen LogP contribution in [0.4, 0.5) is 0 Å². The predicted molar refractivity (Wildman–Crippen MR) is 74.3 cm³/mol. The Labute approximate surface area is 113 Å². The summed E-state index contributed by atoms with van der Waals surface area (Å²) < 4.78 is 5.70. The highest BCUT2D eigenvalue weighted by atomic mass is 32.1. The second-order valence-electron chi connectivity index (χ2n) is 4.55. The first-order valence-electron chi connectivity index (χ1n) is 6.56. The van der Waals surface area contributed by atoms with Crippen LogP contribution < -0.4 is 0 Å². The maximum atomic E-state index is 10.9. The van der Waals surface area contributed by atoms with Crippen LogP contribution in [-0.2, 0) is 11.3 Å². The van der Waals surface area contributed by atoms with Gasteiger partial charge in [0, 0.05) is 5.56 Å². The minimum Gasteiger partial charge on any atom is -0.477 e. The van der Waals surface area contributed by atoms with Crippen molar-refractivity contribution in [2.45, 2.75) is 58.7 Å². The minimum absolute atomic E-state index is 0.198. The molecule has 1 aromatic heterocycles. The predicted octanol–water partition coefficient (Wildman–Crippen LogP) is 4.32. The Morgan fingerprint density at radius 1 is 1.44 bits per heavy atom. The molecule has 4 heteroatoms. The van der Waals surface area contributed by atoms with E-state index in [4.69, 9.17) is 9.84 Å². The van der Waals surface area contributed by atoms with E-state index in [1.807, 2.05) is 6.07 Å². The molecule has 0 aliphatic rings. The maximum Gasteiger partial charge on any atom is 0.346 e. The second kappa shape index (κ2) is 8.27. The number of hydrogen-bond acceptors (Lipinski definition) is 3. The molecular formula is C14H22O3S. The van der Waals surface area contributed by atoms with Crippen LogP contribution in [-0.4, -0.2) is 17.2 Å². The highest BCUT2D eigenvalue weighted by Crippen LogP contribution is 2.19. The zero-order valence-corrected chi connectivity index (χ0v) is 12.0. The van der Waals surface area contributed by atoms with Crippen molar-refractivity contribution < 1.29 is 14.6 Å². The summed E-state index contributed by atoms with van der Waals surface area (Å²) in [6, 6.07) is 1.83. The van der Waals surface area contributed by atoms with E-state index in [2.05, 4.69) is 13.8 Å². The van der Waals surface area contributed by atoms with Crippen molar-refractivity contribution in [3.8, 4) is 0 Å². The van der Waals surface area contributed by atoms with Crippen molar-refractivity contribution in [2.75, 3.05) is 0 Å². The molecule has 0 saturated heterocycles. The SMILES string of the molecule is CCCCCCC(C)OCc1ccsc1C(=O)O. The van der Waals surface area contributed by atoms with Crippen molar-refractivity contribution in [1.82, 2.24) is 0 Å². The van der Waals surface area contributed by atoms with Gasteiger partial charge in [-0.25, -0.2) is 4.79 Å². The number of carboxylic acids is 1. The third kappa shape index (κ3) is 5.19. The molecule has 0 fully saturated rings. The van der Waals surface area contributed by atoms with Crippen LogP contribution >= 0.6 is 11.3 Å². The first-order chi connectivity index (χ1) is 8.65. The average Bonchev–Trinajstić information content (AvgIpc) is 2.80. The Hall–Kier alpha value is -0.870. The van der Waals surface area contributed by atoms with Gasteiger partial charge in [0.25, 0.3) is 0 Å². The van der Waals surface area contributed by atoms with Gasteiger partial charge in [0.05, 0.1) is 12.7 Å². The van der Waals surface area contributed by atoms with Gasteiger partial charge in [-0.05, 0) is 24.8 Å². The molecule has 1 unspecified atom stereocenters. The standard InChI is InChI=1S/C14H22O3S/c1-3-4-5-6-7-11(2)17-10-12-8-9-18-13(12)14(15)16/h8-9,11H,3-7,10H2,1-2H3,(H,15,16). The van der Waals surface area contributed by atoms with Crippen molar-refractivity contribution in [3.05, 3.63) is 21.9 Å². The summed E-state index contributed by atoms with van der Waals surface area (Å²) in [5.41, 5.74) is 0.785. The fourth-order valence-corrected chi connectivity index (χ4v) is 2.56. The summed E-state index contributed by atoms with van der Waals surface area (Å²) in [5, 5.41) is 10.8. The Morgan fingerprint density at radius 2 is 2.22 bits per heavy atom. The van der Waals surface area contributed by atoms with E-state index in [0.717, 1.165) is 12.0 Å². The van der Waals surface area contributed by atoms with E-state index in [9.17, 15) is 4.79 Å². The van der Waals surface area contributed by atoms with Gasteiger partial charge in [0.1, 0.15) is 4.88 Å². The lowest BCUT2D eigenvalue weighted by atomic mass is 10.1. The van der Waals surface area contributed by atoms with Gasteiger partial charge in [0.2, 0.25) is 0 Å². The molecule has 0 radical (unpaired) electrons. The van der Waals surface area contributed by atoms with Crippen LogP contribution in [0.5, 0.6) is 0 Å². The molecule has 0 spiro atoms. The van der Waals surface area contributed by atoms with Gasteiger partial charge < -0.3 is 9.84 Å². The van der Waals surface area contributed by atoms with E-state index in [0.29, 0.717) is 11.5 Å². The summed E-state index contributed by atoms with van der Waals surface area (Å²) in [6.45, 7) is 4.66. The molecule has 1 aromatic rings. The lowest BCUT2D eigenvalue weighted by molar-refractivity contribution is 0.0446. The number of carbonyl (C=O) groups is 1. The molecule has 0 bridgehead atoms. The molecule has 102 valence electrons. The third-order valence-electron chi connectivity index (χ3n) is 2.93. The molecule has 0 aliphatic heterocycles. The topological polar surface area (TPSA) is 46.5 Å². The largest absolute Gasteiger partial charge is 0.477 e. The monoisotopic (exact) mass is 270 g/mol. The van der Waals surface area contributed by atoms with Gasteiger partial charge in [-0.2, -0.15) is 0 Å². The Bertz CT molecular complexity index is 360. The van der Waals surface area contributed by atoms with Crippen LogP contribution in [0.3, 0.4) is 0 Å². The maximum absolute atomic E-state index is 10.9. The first kappa shape index (κ1) is 15.2. The van der Waals surface area contributed by atoms with Crippen molar-refractivity contribution in [2.24, 2.45) is 0 Å². The van der Waals surface area contributed by atoms with E-state index in [1.165, 1.54) is 37.0 Å². The van der Waals surface area contributed by atoms with Crippen LogP contribution in [0.1, 0.15) is 61.2 Å². The quantitative estimate of drug-likeness (QED) is 0.680. The van der Waals surface area contributed by atoms with Crippen molar-refractivity contribution in [1.29, 1.82) is 0 Å². The van der Waals surface area contributed by atoms with Crippen LogP contribution in [0.2, 0.25) is 0 Å². The van der Waals surface area contributed by atoms with Crippen LogP contribution in [0.25, 0.3) is 0 Å². The smallest absolute Gasteiger partial charge is 0.346 e. The summed E-state index contributed by atoms with van der Waals surface area (Å²) >= 11 is 1.25. The summed E-state index contributed by atoms with van der Waals surface area (Å²) in [4.78, 5) is 11.3. The molecule has 0 saturated carbocycles. The molecule has 1 atom stereocenters. The van der Waals surface area contributed by atoms with Gasteiger partial charge in [0.15, 0.2) is 0 Å². The Kier molecular flexibility index (Phi) is 6.98. The third-order valence-corrected chi connectivity index (χ3v) is 3.87. The molecule has 0 amide bonds. The number of carboxylic acid groups (broad SMARTS) is 1. The van der Waals surface area contributed by atoms with Crippen LogP contribution in [0, 0.1) is 0 Å². The number of unbranched alkanes of at least 4 members (excludes halogenated alkanes) is 3. The number of ether oxygens (including phenoxy) is 1. The van der Waals surface area contributed by atoms with Crippen molar-refractivity contribution in [3.63, 3.8) is 0 Å². The molecule has 1 N–H and O–H groups in total. The molecule has 1 heterocycles. The van der Waals surface area contributed by atoms with E-state index < -0.39 is 5.97 Å². The van der Waals surface area contributed by atoms with E-state index in [-0.39, 0.29) is 6.10 Å². The average molecular weight is 270 g/mol. The molecule has 0 aliphatic carbocycles. The second-order valence-corrected chi connectivity index (χ2v) is 5.47. The highest BCUT2D eigenvalue weighted by molar-refractivity contribution is 7.12. The Balaban J connectivity index is 2.27. The van der Waals surface area contributed by atoms with Gasteiger partial charge in [-0.3, -0.25) is 0 Å². The fourth-order valence-electron chi connectivity index (χ4n) is 1.81. The normalized spacial score (nSPS) is 12.6. The summed E-state index contributed by atoms with van der Waals surface area (Å²) in [7, 11) is 0. The molecule has 18 heavy (non-hydrogen) atoms. The van der Waals surface area contributed by atoms with Gasteiger partial charge >= 0.3 is 5.97 Å². The minimum atomic E-state index is -0.862. The molecule has 0 aromatic carbocycles. The first-order valence-corrected chi connectivity index (χ1v) is 7.44. The number of aromatic carboxylic acids is 1. The number of thiophene rings is 1. The van der Waals surface area contributed by atoms with Crippen LogP contribution in [0.15, 0.2) is 11.4 Å². The van der Waals surface area contributed by atoms with E-state index in [1.54, 1.807) is 5.38 Å². The Morgan fingerprint density at radius 3 is 2.89 bits per heavy atom. The fraction of sp³-hybridized carbons (Fsp3) is 0.643. The van der Waals surface area contributed by atoms with Gasteiger partial charge in [-0.1, -0.05) is 32.6 Å². The summed E-state index contributed by atoms with van der Waals surface area (Å²) in [6.07, 6.45) is 6.20. The van der Waals surface area contributed by atoms with Gasteiger partial charge in [-0.15, -0.1) is 11.3 Å². The molecule has 3 nitrogen and oxygen atoms in total. The highest BCUT2D eigenvalue weighted by Gasteiger charge is 2.12. The number of rotatable bonds is 9. The van der Waals surface area contributed by atoms with Crippen molar-refractivity contribution >= 4 is 17.3 Å². The van der Waals surface area contributed by atoms with E-state index >= 15 is 0 Å². The zero-order valence-electron chi connectivity index (χ0n) is 11.1. The molecular weight excluding hydrogens is 248 g/mol. The lowest BCUT2D eigenvalue weighted by Crippen LogP contribution is -2.09. The lowest BCUT2D eigenvalue weighted by Gasteiger charge is -2.12.